The largest absolute Gasteiger partial charge is 0.440 e. The highest BCUT2D eigenvalue weighted by molar-refractivity contribution is 14.1. The van der Waals surface area contributed by atoms with Crippen molar-refractivity contribution in [2.45, 2.75) is 11.4 Å². The Bertz CT molecular complexity index is 408. The molecule has 0 spiro atoms. The number of fused-ring (bicyclic) bond motifs is 1. The molecule has 2 nitrogen and oxygen atoms in total. The fraction of sp³-hybridized carbons (Fsp3) is 0.222. The Hall–Kier alpha value is -0.580. The molecular weight excluding hydrogens is 265 g/mol. The van der Waals surface area contributed by atoms with Crippen LogP contribution in [0.3, 0.4) is 0 Å². The Morgan fingerprint density at radius 3 is 3.00 bits per heavy atom. The molecule has 0 unspecified atom stereocenters. The van der Waals surface area contributed by atoms with Crippen LogP contribution >= 0.6 is 22.6 Å². The molecule has 62 valence electrons. The summed E-state index contributed by atoms with van der Waals surface area (Å²) in [6, 6.07) is 6.00. The zero-order valence-corrected chi connectivity index (χ0v) is 8.83. The molecule has 0 aliphatic heterocycles. The topological polar surface area (TPSA) is 26.0 Å². The van der Waals surface area contributed by atoms with Crippen molar-refractivity contribution in [3.63, 3.8) is 0 Å². The van der Waals surface area contributed by atoms with Gasteiger partial charge in [0, 0.05) is 0 Å². The second-order valence-corrected chi connectivity index (χ2v) is 3.43. The van der Waals surface area contributed by atoms with Crippen molar-refractivity contribution in [1.29, 1.82) is 0 Å². The second-order valence-electron chi connectivity index (χ2n) is 2.66. The summed E-state index contributed by atoms with van der Waals surface area (Å²) in [6.45, 7) is 2.03. The maximum atomic E-state index is 5.53. The first-order valence-electron chi connectivity index (χ1n) is 3.72. The quantitative estimate of drug-likeness (QED) is 0.589. The molecule has 1 aromatic carbocycles. The maximum Gasteiger partial charge on any atom is 0.205 e. The molecule has 0 atom stereocenters. The molecule has 2 rings (SSSR count). The van der Waals surface area contributed by atoms with Crippen LogP contribution in [0.25, 0.3) is 11.1 Å². The van der Waals surface area contributed by atoms with Crippen molar-refractivity contribution >= 4 is 33.7 Å². The summed E-state index contributed by atoms with van der Waals surface area (Å²) in [4.78, 5) is 4.32. The van der Waals surface area contributed by atoms with Gasteiger partial charge in [0.25, 0.3) is 0 Å². The Morgan fingerprint density at radius 1 is 1.50 bits per heavy atom. The van der Waals surface area contributed by atoms with E-state index in [2.05, 4.69) is 27.6 Å². The van der Waals surface area contributed by atoms with Crippen LogP contribution in [-0.2, 0) is 4.43 Å². The third kappa shape index (κ3) is 1.22. The van der Waals surface area contributed by atoms with E-state index in [1.54, 1.807) is 0 Å². The van der Waals surface area contributed by atoms with Crippen molar-refractivity contribution in [3.8, 4) is 0 Å². The number of alkyl halides is 1. The SMILES string of the molecule is Cc1cccc2nc(CI)oc12. The molecule has 0 amide bonds. The predicted molar refractivity (Wildman–Crippen MR) is 56.5 cm³/mol. The lowest BCUT2D eigenvalue weighted by Crippen LogP contribution is -1.72. The number of para-hydroxylation sites is 1. The van der Waals surface area contributed by atoms with Gasteiger partial charge < -0.3 is 4.42 Å². The number of nitrogens with zero attached hydrogens (tertiary/aromatic N) is 1. The first kappa shape index (κ1) is 8.04. The van der Waals surface area contributed by atoms with Crippen molar-refractivity contribution in [1.82, 2.24) is 4.98 Å². The maximum absolute atomic E-state index is 5.53. The predicted octanol–water partition coefficient (Wildman–Crippen LogP) is 3.07. The standard InChI is InChI=1S/C9H8INO/c1-6-3-2-4-7-9(6)12-8(5-10)11-7/h2-4H,5H2,1H3. The van der Waals surface area contributed by atoms with Crippen LogP contribution < -0.4 is 0 Å². The average Bonchev–Trinajstić information content (AvgIpc) is 2.49. The number of aryl methyl sites for hydroxylation is 1. The molecule has 0 N–H and O–H groups in total. The molecule has 0 bridgehead atoms. The van der Waals surface area contributed by atoms with Crippen LogP contribution in [-0.4, -0.2) is 4.98 Å². The average molecular weight is 273 g/mol. The van der Waals surface area contributed by atoms with Gasteiger partial charge in [-0.3, -0.25) is 0 Å². The minimum absolute atomic E-state index is 0.805. The van der Waals surface area contributed by atoms with Gasteiger partial charge in [0.15, 0.2) is 5.58 Å². The summed E-state index contributed by atoms with van der Waals surface area (Å²) in [6.07, 6.45) is 0. The molecule has 0 radical (unpaired) electrons. The van der Waals surface area contributed by atoms with E-state index in [9.17, 15) is 0 Å². The fourth-order valence-electron chi connectivity index (χ4n) is 1.19. The molecule has 3 heteroatoms. The number of benzene rings is 1. The Labute approximate surface area is 84.1 Å². The minimum Gasteiger partial charge on any atom is -0.440 e. The highest BCUT2D eigenvalue weighted by Gasteiger charge is 2.04. The first-order valence-corrected chi connectivity index (χ1v) is 5.25. The molecule has 1 aromatic heterocycles. The zero-order chi connectivity index (χ0) is 8.55. The van der Waals surface area contributed by atoms with E-state index in [0.717, 1.165) is 27.0 Å². The molecule has 2 aromatic rings. The van der Waals surface area contributed by atoms with Gasteiger partial charge in [-0.15, -0.1) is 0 Å². The Balaban J connectivity index is 2.74. The molecule has 0 fully saturated rings. The van der Waals surface area contributed by atoms with E-state index in [1.807, 2.05) is 25.1 Å². The van der Waals surface area contributed by atoms with E-state index >= 15 is 0 Å². The van der Waals surface area contributed by atoms with Crippen molar-refractivity contribution in [2.75, 3.05) is 0 Å². The number of rotatable bonds is 1. The number of hydrogen-bond donors (Lipinski definition) is 0. The summed E-state index contributed by atoms with van der Waals surface area (Å²) in [5.41, 5.74) is 3.03. The molecule has 0 saturated carbocycles. The van der Waals surface area contributed by atoms with Crippen LogP contribution in [0, 0.1) is 6.92 Å². The summed E-state index contributed by atoms with van der Waals surface area (Å²) in [7, 11) is 0. The Kier molecular flexibility index (Phi) is 2.04. The smallest absolute Gasteiger partial charge is 0.205 e. The highest BCUT2D eigenvalue weighted by atomic mass is 127. The van der Waals surface area contributed by atoms with Crippen LogP contribution in [0.15, 0.2) is 22.6 Å². The van der Waals surface area contributed by atoms with Crippen molar-refractivity contribution < 1.29 is 4.42 Å². The summed E-state index contributed by atoms with van der Waals surface area (Å²) in [5.74, 6) is 0.805. The lowest BCUT2D eigenvalue weighted by atomic mass is 10.2. The van der Waals surface area contributed by atoms with Gasteiger partial charge in [-0.25, -0.2) is 4.98 Å². The second kappa shape index (κ2) is 3.05. The van der Waals surface area contributed by atoms with Gasteiger partial charge in [0.2, 0.25) is 5.89 Å². The van der Waals surface area contributed by atoms with Crippen LogP contribution in [0.1, 0.15) is 11.5 Å². The third-order valence-electron chi connectivity index (χ3n) is 1.77. The van der Waals surface area contributed by atoms with E-state index < -0.39 is 0 Å². The monoisotopic (exact) mass is 273 g/mol. The van der Waals surface area contributed by atoms with Gasteiger partial charge in [0.1, 0.15) is 5.52 Å². The lowest BCUT2D eigenvalue weighted by Gasteiger charge is -1.89. The Morgan fingerprint density at radius 2 is 2.33 bits per heavy atom. The van der Waals surface area contributed by atoms with Crippen LogP contribution in [0.4, 0.5) is 0 Å². The van der Waals surface area contributed by atoms with E-state index in [0.29, 0.717) is 0 Å². The number of oxazole rings is 1. The van der Waals surface area contributed by atoms with E-state index in [4.69, 9.17) is 4.42 Å². The summed E-state index contributed by atoms with van der Waals surface area (Å²) < 4.78 is 6.35. The molecular formula is C9H8INO. The number of hydrogen-bond acceptors (Lipinski definition) is 2. The summed E-state index contributed by atoms with van der Waals surface area (Å²) >= 11 is 2.24. The minimum atomic E-state index is 0.805. The lowest BCUT2D eigenvalue weighted by molar-refractivity contribution is 0.557. The van der Waals surface area contributed by atoms with Gasteiger partial charge >= 0.3 is 0 Å². The molecule has 0 aliphatic carbocycles. The van der Waals surface area contributed by atoms with Crippen LogP contribution in [0.2, 0.25) is 0 Å². The van der Waals surface area contributed by atoms with Crippen molar-refractivity contribution in [2.24, 2.45) is 0 Å². The summed E-state index contributed by atoms with van der Waals surface area (Å²) in [5, 5.41) is 0. The third-order valence-corrected chi connectivity index (χ3v) is 2.42. The first-order chi connectivity index (χ1) is 5.81. The van der Waals surface area contributed by atoms with Gasteiger partial charge in [-0.1, -0.05) is 34.7 Å². The normalized spacial score (nSPS) is 10.8. The molecule has 12 heavy (non-hydrogen) atoms. The number of halogens is 1. The van der Waals surface area contributed by atoms with Gasteiger partial charge in [0.05, 0.1) is 4.43 Å². The molecule has 0 aliphatic rings. The molecule has 0 saturated heterocycles. The van der Waals surface area contributed by atoms with Crippen molar-refractivity contribution in [3.05, 3.63) is 29.7 Å². The molecule has 1 heterocycles. The van der Waals surface area contributed by atoms with E-state index in [-0.39, 0.29) is 0 Å². The fourth-order valence-corrected chi connectivity index (χ4v) is 1.52. The zero-order valence-electron chi connectivity index (χ0n) is 6.67. The van der Waals surface area contributed by atoms with Gasteiger partial charge in [-0.2, -0.15) is 0 Å². The highest BCUT2D eigenvalue weighted by Crippen LogP contribution is 2.20. The van der Waals surface area contributed by atoms with Gasteiger partial charge in [-0.05, 0) is 18.6 Å². The van der Waals surface area contributed by atoms with Crippen LogP contribution in [0.5, 0.6) is 0 Å². The number of aromatic nitrogens is 1. The van der Waals surface area contributed by atoms with E-state index in [1.165, 1.54) is 0 Å².